The highest BCUT2D eigenvalue weighted by Gasteiger charge is 2.60. The Kier molecular flexibility index (Phi) is 16.5. The molecule has 0 bridgehead atoms. The Hall–Kier alpha value is -3.16. The van der Waals surface area contributed by atoms with E-state index < -0.39 is 42.2 Å². The topological polar surface area (TPSA) is 75.3 Å². The van der Waals surface area contributed by atoms with Crippen molar-refractivity contribution in [3.05, 3.63) is 69.0 Å². The minimum absolute atomic E-state index is 0.103. The zero-order valence-corrected chi connectivity index (χ0v) is 33.3. The van der Waals surface area contributed by atoms with Crippen molar-refractivity contribution in [1.29, 1.82) is 0 Å². The quantitative estimate of drug-likeness (QED) is 0.0748. The van der Waals surface area contributed by atoms with Crippen molar-refractivity contribution in [2.75, 3.05) is 7.05 Å². The van der Waals surface area contributed by atoms with Crippen LogP contribution >= 0.6 is 0 Å². The van der Waals surface area contributed by atoms with Gasteiger partial charge in [-0.2, -0.15) is 0 Å². The molecule has 0 aliphatic heterocycles. The summed E-state index contributed by atoms with van der Waals surface area (Å²) in [6.45, 7) is 22.9. The normalized spacial score (nSPS) is 20.4. The monoisotopic (exact) mass is 714 g/mol. The first-order chi connectivity index (χ1) is 23.7. The molecule has 2 N–H and O–H groups in total. The van der Waals surface area contributed by atoms with E-state index in [1.165, 1.54) is 13.8 Å². The van der Waals surface area contributed by atoms with Crippen molar-refractivity contribution in [1.82, 2.24) is 10.6 Å². The van der Waals surface area contributed by atoms with Crippen molar-refractivity contribution < 1.29 is 27.6 Å². The van der Waals surface area contributed by atoms with Crippen molar-refractivity contribution in [3.63, 3.8) is 0 Å². The number of likely N-dealkylation sites (N-methyl/N-ethyl adjacent to an activating group) is 1. The number of amides is 1. The van der Waals surface area contributed by atoms with E-state index in [4.69, 9.17) is 0 Å². The van der Waals surface area contributed by atoms with Crippen LogP contribution in [0.15, 0.2) is 69.0 Å². The third-order valence-electron chi connectivity index (χ3n) is 11.3. The van der Waals surface area contributed by atoms with Crippen LogP contribution in [-0.2, 0) is 14.4 Å². The smallest absolute Gasteiger partial charge is 0.292 e. The number of nitrogens with one attached hydrogen (secondary N) is 2. The third kappa shape index (κ3) is 11.4. The maximum absolute atomic E-state index is 14.4. The van der Waals surface area contributed by atoms with Gasteiger partial charge in [-0.05, 0) is 112 Å². The van der Waals surface area contributed by atoms with Gasteiger partial charge >= 0.3 is 0 Å². The van der Waals surface area contributed by atoms with E-state index in [-0.39, 0.29) is 23.7 Å². The molecule has 2 fully saturated rings. The Bertz CT molecular complexity index is 1460. The van der Waals surface area contributed by atoms with Crippen LogP contribution in [0.3, 0.4) is 0 Å². The Labute approximate surface area is 306 Å². The molecule has 0 aromatic heterocycles. The maximum atomic E-state index is 14.4. The van der Waals surface area contributed by atoms with Gasteiger partial charge in [-0.25, -0.2) is 13.2 Å². The number of carbonyl (C=O) groups is 3. The number of allylic oxidation sites excluding steroid dienone is 9. The number of Topliss-reactive ketones (excluding diaryl/α,β-unsaturated/α-hetero) is 2. The van der Waals surface area contributed by atoms with E-state index in [0.717, 1.165) is 61.7 Å². The number of carbonyl (C=O) groups excluding carboxylic acids is 3. The first kappa shape index (κ1) is 44.0. The van der Waals surface area contributed by atoms with Crippen molar-refractivity contribution in [3.8, 4) is 0 Å². The molecule has 2 aliphatic carbocycles. The summed E-state index contributed by atoms with van der Waals surface area (Å²) in [5, 5.41) is 5.75. The summed E-state index contributed by atoms with van der Waals surface area (Å²) >= 11 is 0. The second kappa shape index (κ2) is 19.1. The van der Waals surface area contributed by atoms with Gasteiger partial charge < -0.3 is 10.6 Å². The summed E-state index contributed by atoms with van der Waals surface area (Å²) < 4.78 is 43.1. The lowest BCUT2D eigenvalue weighted by Gasteiger charge is -2.50. The second-order valence-electron chi connectivity index (χ2n) is 15.5. The minimum Gasteiger partial charge on any atom is -0.390 e. The van der Waals surface area contributed by atoms with E-state index >= 15 is 0 Å². The second-order valence-corrected chi connectivity index (χ2v) is 15.5. The van der Waals surface area contributed by atoms with Crippen LogP contribution in [0.2, 0.25) is 0 Å². The number of ketones is 2. The molecule has 2 saturated carbocycles. The molecule has 0 aromatic carbocycles. The first-order valence-corrected chi connectivity index (χ1v) is 19.0. The van der Waals surface area contributed by atoms with Crippen molar-refractivity contribution in [2.45, 2.75) is 157 Å². The van der Waals surface area contributed by atoms with E-state index in [1.54, 1.807) is 14.0 Å². The molecule has 0 radical (unpaired) electrons. The van der Waals surface area contributed by atoms with Crippen molar-refractivity contribution in [2.24, 2.45) is 17.8 Å². The summed E-state index contributed by atoms with van der Waals surface area (Å²) in [5.74, 6) is -4.39. The van der Waals surface area contributed by atoms with Gasteiger partial charge in [0.2, 0.25) is 5.78 Å². The number of alkyl halides is 3. The SMILES string of the molecule is C=C(/C(C)=C(\C=C/C(C)CC)C(C)CC(=O)C(=C(/C)CCCC(C)CC)/C(C)=C(\C)C(=O)C(=O)NC1(C(NC)=C2CCC2)CC(F)(F)C1)C(C)F. The zero-order chi connectivity index (χ0) is 38.8. The van der Waals surface area contributed by atoms with Crippen LogP contribution in [-0.4, -0.2) is 42.2 Å². The molecule has 0 heterocycles. The van der Waals surface area contributed by atoms with Gasteiger partial charge in [0.25, 0.3) is 11.8 Å². The fourth-order valence-electron chi connectivity index (χ4n) is 7.17. The third-order valence-corrected chi connectivity index (χ3v) is 11.3. The molecule has 2 aliphatic rings. The molecule has 8 heteroatoms. The molecule has 2 rings (SSSR count). The lowest BCUT2D eigenvalue weighted by atomic mass is 9.68. The first-order valence-electron chi connectivity index (χ1n) is 19.0. The molecule has 4 atom stereocenters. The largest absolute Gasteiger partial charge is 0.390 e. The lowest BCUT2D eigenvalue weighted by molar-refractivity contribution is -0.147. The van der Waals surface area contributed by atoms with Gasteiger partial charge in [0, 0.05) is 43.2 Å². The highest BCUT2D eigenvalue weighted by molar-refractivity contribution is 6.43. The highest BCUT2D eigenvalue weighted by atomic mass is 19.3. The number of hydrogen-bond donors (Lipinski definition) is 2. The molecule has 0 spiro atoms. The van der Waals surface area contributed by atoms with E-state index in [0.29, 0.717) is 46.2 Å². The molecule has 0 aromatic rings. The van der Waals surface area contributed by atoms with Crippen LogP contribution in [0.1, 0.15) is 140 Å². The summed E-state index contributed by atoms with van der Waals surface area (Å²) in [6, 6.07) is 0. The van der Waals surface area contributed by atoms with Crippen LogP contribution in [0.4, 0.5) is 13.2 Å². The Morgan fingerprint density at radius 1 is 0.941 bits per heavy atom. The Morgan fingerprint density at radius 2 is 1.55 bits per heavy atom. The molecular formula is C43H65F3N2O3. The fraction of sp³-hybridized carbons (Fsp3) is 0.651. The Morgan fingerprint density at radius 3 is 2.02 bits per heavy atom. The van der Waals surface area contributed by atoms with Gasteiger partial charge in [0.1, 0.15) is 6.17 Å². The molecule has 5 nitrogen and oxygen atoms in total. The lowest BCUT2D eigenvalue weighted by Crippen LogP contribution is -2.66. The average Bonchev–Trinajstić information content (AvgIpc) is 3.03. The molecule has 4 unspecified atom stereocenters. The molecule has 286 valence electrons. The molecule has 51 heavy (non-hydrogen) atoms. The average molecular weight is 715 g/mol. The van der Waals surface area contributed by atoms with Gasteiger partial charge in [0.15, 0.2) is 5.78 Å². The predicted molar refractivity (Wildman–Crippen MR) is 204 cm³/mol. The van der Waals surface area contributed by atoms with Gasteiger partial charge in [-0.1, -0.05) is 78.2 Å². The van der Waals surface area contributed by atoms with E-state index in [1.807, 2.05) is 26.8 Å². The van der Waals surface area contributed by atoms with Gasteiger partial charge in [0.05, 0.1) is 5.54 Å². The van der Waals surface area contributed by atoms with E-state index in [9.17, 15) is 27.6 Å². The Balaban J connectivity index is 2.55. The highest BCUT2D eigenvalue weighted by Crippen LogP contribution is 2.51. The minimum atomic E-state index is -2.95. The number of hydrogen-bond acceptors (Lipinski definition) is 4. The van der Waals surface area contributed by atoms with Crippen LogP contribution in [0, 0.1) is 17.8 Å². The number of rotatable bonds is 20. The summed E-state index contributed by atoms with van der Waals surface area (Å²) in [4.78, 5) is 41.7. The van der Waals surface area contributed by atoms with Gasteiger partial charge in [-0.15, -0.1) is 0 Å². The summed E-state index contributed by atoms with van der Waals surface area (Å²) in [5.41, 5.74) is 3.92. The maximum Gasteiger partial charge on any atom is 0.292 e. The van der Waals surface area contributed by atoms with Crippen LogP contribution < -0.4 is 10.6 Å². The van der Waals surface area contributed by atoms with E-state index in [2.05, 4.69) is 51.0 Å². The molecular weight excluding hydrogens is 649 g/mol. The van der Waals surface area contributed by atoms with Crippen LogP contribution in [0.5, 0.6) is 0 Å². The molecule has 0 saturated heterocycles. The number of halogens is 3. The molecule has 1 amide bonds. The zero-order valence-electron chi connectivity index (χ0n) is 33.3. The van der Waals surface area contributed by atoms with Gasteiger partial charge in [-0.3, -0.25) is 14.4 Å². The van der Waals surface area contributed by atoms with Crippen LogP contribution in [0.25, 0.3) is 0 Å². The standard InChI is InChI=1S/C43H65F3N2O3/c1-13-26(3)17-15-18-28(5)38(37(49)23-29(6)36(22-21-27(4)14-2)31(8)30(7)34(11)44)32(9)33(10)39(50)41(51)48-42(24-43(45,46)25-42)40(47-12)35-19-16-20-35/h21-22,26-27,29,34,47H,7,13-20,23-25H2,1-6,8-12H3,(H,48,51)/b22-21-,33-32+,36-31+,38-28-. The van der Waals surface area contributed by atoms with Crippen molar-refractivity contribution >= 4 is 17.5 Å². The fourth-order valence-corrected chi connectivity index (χ4v) is 7.17. The predicted octanol–water partition coefficient (Wildman–Crippen LogP) is 10.8. The summed E-state index contributed by atoms with van der Waals surface area (Å²) in [6.07, 6.45) is 8.72. The summed E-state index contributed by atoms with van der Waals surface area (Å²) in [7, 11) is 1.66.